The molecule has 1 saturated carbocycles. The number of anilines is 2. The largest absolute Gasteiger partial charge is 0.359 e. The van der Waals surface area contributed by atoms with Gasteiger partial charge in [0, 0.05) is 53.4 Å². The molecule has 0 radical (unpaired) electrons. The fourth-order valence-electron chi connectivity index (χ4n) is 3.54. The zero-order valence-electron chi connectivity index (χ0n) is 14.6. The molecule has 140 valence electrons. The number of nitrogens with zero attached hydrogens (tertiary/aromatic N) is 1. The molecule has 27 heavy (non-hydrogen) atoms. The molecule has 0 bridgehead atoms. The van der Waals surface area contributed by atoms with Crippen LogP contribution in [-0.4, -0.2) is 21.9 Å². The number of H-pyrrole nitrogens is 1. The van der Waals surface area contributed by atoms with Gasteiger partial charge in [-0.3, -0.25) is 4.98 Å². The van der Waals surface area contributed by atoms with E-state index < -0.39 is 5.92 Å². The average Bonchev–Trinajstić information content (AvgIpc) is 3.05. The summed E-state index contributed by atoms with van der Waals surface area (Å²) in [6, 6.07) is 10.8. The van der Waals surface area contributed by atoms with E-state index in [0.717, 1.165) is 16.6 Å². The number of urea groups is 1. The standard InChI is InChI=1S/C20H20F2N4O/c21-20(22)8-5-13(6-9-20)17-11-14(7-10-23-17)25-19(27)26-18-12-24-16-4-2-1-3-15(16)18/h1-4,7,10-13,24H,5-6,8-9H2,(H2,23,25,26,27). The summed E-state index contributed by atoms with van der Waals surface area (Å²) < 4.78 is 26.7. The van der Waals surface area contributed by atoms with E-state index in [0.29, 0.717) is 24.2 Å². The van der Waals surface area contributed by atoms with Crippen molar-refractivity contribution in [2.75, 3.05) is 10.6 Å². The molecule has 7 heteroatoms. The maximum absolute atomic E-state index is 13.3. The van der Waals surface area contributed by atoms with Gasteiger partial charge < -0.3 is 15.6 Å². The van der Waals surface area contributed by atoms with Gasteiger partial charge in [-0.2, -0.15) is 0 Å². The highest BCUT2D eigenvalue weighted by molar-refractivity contribution is 6.05. The van der Waals surface area contributed by atoms with Gasteiger partial charge in [0.2, 0.25) is 5.92 Å². The number of aromatic amines is 1. The SMILES string of the molecule is O=C(Nc1ccnc(C2CCC(F)(F)CC2)c1)Nc1c[nH]c2ccccc12. The normalized spacial score (nSPS) is 17.0. The molecule has 5 nitrogen and oxygen atoms in total. The number of alkyl halides is 2. The molecule has 1 aromatic carbocycles. The van der Waals surface area contributed by atoms with Gasteiger partial charge in [0.05, 0.1) is 5.69 Å². The Morgan fingerprint density at radius 2 is 1.93 bits per heavy atom. The molecule has 3 aromatic rings. The van der Waals surface area contributed by atoms with Gasteiger partial charge in [-0.25, -0.2) is 13.6 Å². The topological polar surface area (TPSA) is 69.8 Å². The number of nitrogens with one attached hydrogen (secondary N) is 3. The predicted molar refractivity (Wildman–Crippen MR) is 101 cm³/mol. The molecular formula is C20H20F2N4O. The van der Waals surface area contributed by atoms with Crippen LogP contribution < -0.4 is 10.6 Å². The minimum absolute atomic E-state index is 0.00283. The van der Waals surface area contributed by atoms with E-state index in [-0.39, 0.29) is 24.8 Å². The van der Waals surface area contributed by atoms with Crippen LogP contribution in [0.25, 0.3) is 10.9 Å². The van der Waals surface area contributed by atoms with Crippen LogP contribution in [0.15, 0.2) is 48.8 Å². The first-order valence-corrected chi connectivity index (χ1v) is 8.98. The van der Waals surface area contributed by atoms with E-state index in [1.165, 1.54) is 0 Å². The number of benzene rings is 1. The van der Waals surface area contributed by atoms with Crippen molar-refractivity contribution in [1.29, 1.82) is 0 Å². The second kappa shape index (κ2) is 6.98. The number of carbonyl (C=O) groups is 1. The number of aromatic nitrogens is 2. The minimum Gasteiger partial charge on any atom is -0.359 e. The zero-order valence-corrected chi connectivity index (χ0v) is 14.6. The third kappa shape index (κ3) is 3.92. The van der Waals surface area contributed by atoms with Crippen LogP contribution in [0.4, 0.5) is 25.0 Å². The Labute approximate surface area is 155 Å². The van der Waals surface area contributed by atoms with E-state index in [1.807, 2.05) is 24.3 Å². The van der Waals surface area contributed by atoms with Crippen LogP contribution in [0.2, 0.25) is 0 Å². The van der Waals surface area contributed by atoms with E-state index in [4.69, 9.17) is 0 Å². The molecule has 0 unspecified atom stereocenters. The van der Waals surface area contributed by atoms with Crippen LogP contribution in [0.5, 0.6) is 0 Å². The molecule has 2 amide bonds. The first-order valence-electron chi connectivity index (χ1n) is 8.98. The molecule has 0 aliphatic heterocycles. The summed E-state index contributed by atoms with van der Waals surface area (Å²) in [6.07, 6.45) is 3.93. The van der Waals surface area contributed by atoms with Crippen molar-refractivity contribution in [3.05, 3.63) is 54.5 Å². The molecule has 1 fully saturated rings. The highest BCUT2D eigenvalue weighted by atomic mass is 19.3. The molecule has 1 aliphatic rings. The van der Waals surface area contributed by atoms with Gasteiger partial charge in [0.1, 0.15) is 0 Å². The summed E-state index contributed by atoms with van der Waals surface area (Å²) in [5, 5.41) is 6.53. The van der Waals surface area contributed by atoms with Crippen LogP contribution in [-0.2, 0) is 0 Å². The van der Waals surface area contributed by atoms with E-state index in [2.05, 4.69) is 20.6 Å². The number of para-hydroxylation sites is 1. The van der Waals surface area contributed by atoms with Crippen molar-refractivity contribution in [2.24, 2.45) is 0 Å². The summed E-state index contributed by atoms with van der Waals surface area (Å²) >= 11 is 0. The zero-order chi connectivity index (χ0) is 18.9. The van der Waals surface area contributed by atoms with Crippen LogP contribution in [0.1, 0.15) is 37.3 Å². The number of hydrogen-bond acceptors (Lipinski definition) is 2. The molecule has 2 heterocycles. The summed E-state index contributed by atoms with van der Waals surface area (Å²) in [5.41, 5.74) is 2.96. The van der Waals surface area contributed by atoms with Gasteiger partial charge in [-0.05, 0) is 31.0 Å². The summed E-state index contributed by atoms with van der Waals surface area (Å²) in [4.78, 5) is 19.8. The van der Waals surface area contributed by atoms with E-state index in [9.17, 15) is 13.6 Å². The lowest BCUT2D eigenvalue weighted by atomic mass is 9.84. The monoisotopic (exact) mass is 370 g/mol. The summed E-state index contributed by atoms with van der Waals surface area (Å²) in [6.45, 7) is 0. The molecule has 0 saturated heterocycles. The van der Waals surface area contributed by atoms with Crippen molar-refractivity contribution in [2.45, 2.75) is 37.5 Å². The maximum atomic E-state index is 13.3. The first-order chi connectivity index (χ1) is 13.0. The van der Waals surface area contributed by atoms with Crippen molar-refractivity contribution in [3.63, 3.8) is 0 Å². The molecule has 4 rings (SSSR count). The number of rotatable bonds is 3. The fourth-order valence-corrected chi connectivity index (χ4v) is 3.54. The number of fused-ring (bicyclic) bond motifs is 1. The van der Waals surface area contributed by atoms with Gasteiger partial charge in [-0.1, -0.05) is 18.2 Å². The third-order valence-corrected chi connectivity index (χ3v) is 5.01. The second-order valence-electron chi connectivity index (χ2n) is 6.93. The third-order valence-electron chi connectivity index (χ3n) is 5.01. The van der Waals surface area contributed by atoms with Crippen molar-refractivity contribution in [3.8, 4) is 0 Å². The molecule has 0 spiro atoms. The lowest BCUT2D eigenvalue weighted by molar-refractivity contribution is -0.0384. The second-order valence-corrected chi connectivity index (χ2v) is 6.93. The Morgan fingerprint density at radius 1 is 1.15 bits per heavy atom. The Balaban J connectivity index is 1.43. The Bertz CT molecular complexity index is 959. The predicted octanol–water partition coefficient (Wildman–Crippen LogP) is 5.50. The van der Waals surface area contributed by atoms with Gasteiger partial charge in [0.25, 0.3) is 0 Å². The number of pyridine rings is 1. The smallest absolute Gasteiger partial charge is 0.323 e. The molecule has 0 atom stereocenters. The molecular weight excluding hydrogens is 350 g/mol. The Kier molecular flexibility index (Phi) is 4.51. The highest BCUT2D eigenvalue weighted by Gasteiger charge is 2.35. The molecule has 2 aromatic heterocycles. The van der Waals surface area contributed by atoms with E-state index in [1.54, 1.807) is 24.5 Å². The van der Waals surface area contributed by atoms with Gasteiger partial charge >= 0.3 is 6.03 Å². The van der Waals surface area contributed by atoms with Crippen LogP contribution >= 0.6 is 0 Å². The van der Waals surface area contributed by atoms with Crippen molar-refractivity contribution >= 4 is 28.3 Å². The van der Waals surface area contributed by atoms with Crippen LogP contribution in [0, 0.1) is 0 Å². The van der Waals surface area contributed by atoms with Crippen molar-refractivity contribution < 1.29 is 13.6 Å². The number of carbonyl (C=O) groups excluding carboxylic acids is 1. The summed E-state index contributed by atoms with van der Waals surface area (Å²) in [7, 11) is 0. The van der Waals surface area contributed by atoms with Crippen LogP contribution in [0.3, 0.4) is 0 Å². The Hall–Kier alpha value is -2.96. The summed E-state index contributed by atoms with van der Waals surface area (Å²) in [5.74, 6) is -2.56. The Morgan fingerprint density at radius 3 is 2.74 bits per heavy atom. The maximum Gasteiger partial charge on any atom is 0.323 e. The average molecular weight is 370 g/mol. The number of hydrogen-bond donors (Lipinski definition) is 3. The molecule has 1 aliphatic carbocycles. The lowest BCUT2D eigenvalue weighted by Crippen LogP contribution is -2.24. The molecule has 3 N–H and O–H groups in total. The minimum atomic E-state index is -2.56. The fraction of sp³-hybridized carbons (Fsp3) is 0.300. The van der Waals surface area contributed by atoms with E-state index >= 15 is 0 Å². The number of halogens is 2. The van der Waals surface area contributed by atoms with Gasteiger partial charge in [0.15, 0.2) is 0 Å². The highest BCUT2D eigenvalue weighted by Crippen LogP contribution is 2.40. The quantitative estimate of drug-likeness (QED) is 0.570. The van der Waals surface area contributed by atoms with Crippen molar-refractivity contribution in [1.82, 2.24) is 9.97 Å². The number of amides is 2. The lowest BCUT2D eigenvalue weighted by Gasteiger charge is -2.28. The van der Waals surface area contributed by atoms with Gasteiger partial charge in [-0.15, -0.1) is 0 Å². The first kappa shape index (κ1) is 17.5.